The molecule has 0 amide bonds. The van der Waals surface area contributed by atoms with Gasteiger partial charge in [0.15, 0.2) is 11.4 Å². The lowest BCUT2D eigenvalue weighted by atomic mass is 9.97. The summed E-state index contributed by atoms with van der Waals surface area (Å²) in [6.45, 7) is 2.04. The minimum Gasteiger partial charge on any atom is -0.455 e. The van der Waals surface area contributed by atoms with Gasteiger partial charge in [0.2, 0.25) is 0 Å². The summed E-state index contributed by atoms with van der Waals surface area (Å²) >= 11 is 1.76. The van der Waals surface area contributed by atoms with Crippen LogP contribution < -0.4 is 0 Å². The van der Waals surface area contributed by atoms with Gasteiger partial charge in [0, 0.05) is 10.1 Å². The first-order chi connectivity index (χ1) is 8.60. The molecule has 2 nitrogen and oxygen atoms in total. The molecule has 1 aromatic carbocycles. The molecule has 1 N–H and O–H groups in total. The van der Waals surface area contributed by atoms with E-state index < -0.39 is 6.10 Å². The van der Waals surface area contributed by atoms with Gasteiger partial charge in [-0.25, -0.2) is 4.39 Å². The van der Waals surface area contributed by atoms with E-state index in [1.807, 2.05) is 6.92 Å². The maximum absolute atomic E-state index is 13.6. The summed E-state index contributed by atoms with van der Waals surface area (Å²) in [5.41, 5.74) is 0.234. The van der Waals surface area contributed by atoms with E-state index in [9.17, 15) is 9.50 Å². The highest BCUT2D eigenvalue weighted by molar-refractivity contribution is 8.00. The second-order valence-corrected chi connectivity index (χ2v) is 6.60. The molecule has 0 bridgehead atoms. The van der Waals surface area contributed by atoms with E-state index >= 15 is 0 Å². The van der Waals surface area contributed by atoms with Gasteiger partial charge in [0.25, 0.3) is 0 Å². The molecule has 1 aromatic heterocycles. The van der Waals surface area contributed by atoms with Crippen molar-refractivity contribution in [2.75, 3.05) is 5.75 Å². The molecule has 0 aliphatic carbocycles. The van der Waals surface area contributed by atoms with Gasteiger partial charge in [-0.15, -0.1) is 0 Å². The molecule has 2 heterocycles. The van der Waals surface area contributed by atoms with E-state index in [1.54, 1.807) is 30.0 Å². The molecule has 1 saturated heterocycles. The van der Waals surface area contributed by atoms with E-state index in [4.69, 9.17) is 4.42 Å². The van der Waals surface area contributed by atoms with Crippen LogP contribution in [0.2, 0.25) is 0 Å². The monoisotopic (exact) mass is 266 g/mol. The number of rotatable bonds is 2. The van der Waals surface area contributed by atoms with Crippen molar-refractivity contribution >= 4 is 22.7 Å². The van der Waals surface area contributed by atoms with Crippen molar-refractivity contribution in [2.24, 2.45) is 0 Å². The smallest absolute Gasteiger partial charge is 0.170 e. The number of hydrogen-bond donors (Lipinski definition) is 1. The van der Waals surface area contributed by atoms with Gasteiger partial charge < -0.3 is 9.52 Å². The maximum Gasteiger partial charge on any atom is 0.170 e. The summed E-state index contributed by atoms with van der Waals surface area (Å²) in [6.07, 6.45) is 1.38. The molecule has 4 heteroatoms. The quantitative estimate of drug-likeness (QED) is 0.895. The summed E-state index contributed by atoms with van der Waals surface area (Å²) in [7, 11) is 0. The van der Waals surface area contributed by atoms with Gasteiger partial charge in [-0.1, -0.05) is 12.1 Å². The van der Waals surface area contributed by atoms with E-state index in [0.29, 0.717) is 11.1 Å². The summed E-state index contributed by atoms with van der Waals surface area (Å²) in [5, 5.41) is 11.1. The van der Waals surface area contributed by atoms with Gasteiger partial charge in [-0.3, -0.25) is 0 Å². The third kappa shape index (κ3) is 1.84. The normalized spacial score (nSPS) is 25.7. The number of para-hydroxylation sites is 1. The molecule has 2 unspecified atom stereocenters. The molecule has 3 rings (SSSR count). The van der Waals surface area contributed by atoms with Gasteiger partial charge >= 0.3 is 0 Å². The summed E-state index contributed by atoms with van der Waals surface area (Å²) < 4.78 is 18.8. The Morgan fingerprint density at radius 3 is 3.00 bits per heavy atom. The minimum absolute atomic E-state index is 0.218. The molecular weight excluding hydrogens is 251 g/mol. The topological polar surface area (TPSA) is 33.4 Å². The number of aliphatic hydroxyl groups excluding tert-OH is 1. The zero-order valence-electron chi connectivity index (χ0n) is 10.1. The average Bonchev–Trinajstić information content (AvgIpc) is 2.96. The summed E-state index contributed by atoms with van der Waals surface area (Å²) in [4.78, 5) is 0. The Labute approximate surface area is 109 Å². The van der Waals surface area contributed by atoms with Crippen LogP contribution in [0.1, 0.15) is 31.6 Å². The minimum atomic E-state index is -0.684. The number of hydrogen-bond acceptors (Lipinski definition) is 3. The number of fused-ring (bicyclic) bond motifs is 1. The fourth-order valence-corrected chi connectivity index (χ4v) is 3.82. The zero-order chi connectivity index (χ0) is 12.8. The van der Waals surface area contributed by atoms with Crippen LogP contribution >= 0.6 is 11.8 Å². The number of aliphatic hydroxyl groups is 1. The Morgan fingerprint density at radius 2 is 2.33 bits per heavy atom. The molecule has 96 valence electrons. The molecule has 2 aromatic rings. The lowest BCUT2D eigenvalue weighted by Crippen LogP contribution is -2.25. The van der Waals surface area contributed by atoms with Crippen LogP contribution in [0.25, 0.3) is 11.0 Å². The maximum atomic E-state index is 13.6. The van der Waals surface area contributed by atoms with E-state index in [-0.39, 0.29) is 16.1 Å². The number of furan rings is 1. The molecule has 0 saturated carbocycles. The number of halogens is 1. The standard InChI is InChI=1S/C14H15FO2S/c1-14(6-3-7-18-14)13(16)11-8-9-4-2-5-10(15)12(9)17-11/h2,4-5,8,13,16H,3,6-7H2,1H3. The molecule has 18 heavy (non-hydrogen) atoms. The summed E-state index contributed by atoms with van der Waals surface area (Å²) in [5.74, 6) is 1.14. The van der Waals surface area contributed by atoms with Crippen LogP contribution in [0, 0.1) is 5.82 Å². The first-order valence-corrected chi connectivity index (χ1v) is 7.09. The van der Waals surface area contributed by atoms with Gasteiger partial charge in [-0.2, -0.15) is 11.8 Å². The molecule has 0 spiro atoms. The Balaban J connectivity index is 2.01. The van der Waals surface area contributed by atoms with Crippen LogP contribution in [-0.2, 0) is 0 Å². The molecule has 2 atom stereocenters. The van der Waals surface area contributed by atoms with Crippen molar-refractivity contribution in [3.8, 4) is 0 Å². The van der Waals surface area contributed by atoms with Gasteiger partial charge in [0.1, 0.15) is 11.9 Å². The van der Waals surface area contributed by atoms with Crippen molar-refractivity contribution in [1.82, 2.24) is 0 Å². The van der Waals surface area contributed by atoms with Crippen LogP contribution in [0.4, 0.5) is 4.39 Å². The van der Waals surface area contributed by atoms with E-state index in [0.717, 1.165) is 18.6 Å². The lowest BCUT2D eigenvalue weighted by molar-refractivity contribution is 0.112. The highest BCUT2D eigenvalue weighted by atomic mass is 32.2. The SMILES string of the molecule is CC1(C(O)c2cc3cccc(F)c3o2)CCCS1. The lowest BCUT2D eigenvalue weighted by Gasteiger charge is -2.27. The van der Waals surface area contributed by atoms with Gasteiger partial charge in [0.05, 0.1) is 0 Å². The second-order valence-electron chi connectivity index (χ2n) is 4.97. The van der Waals surface area contributed by atoms with Crippen molar-refractivity contribution < 1.29 is 13.9 Å². The Bertz CT molecular complexity index is 572. The Hall–Kier alpha value is -1.000. The number of benzene rings is 1. The first kappa shape index (κ1) is 12.1. The molecule has 1 fully saturated rings. The van der Waals surface area contributed by atoms with Crippen molar-refractivity contribution in [3.63, 3.8) is 0 Å². The van der Waals surface area contributed by atoms with Crippen molar-refractivity contribution in [2.45, 2.75) is 30.6 Å². The summed E-state index contributed by atoms with van der Waals surface area (Å²) in [6, 6.07) is 6.55. The van der Waals surface area contributed by atoms with Crippen molar-refractivity contribution in [1.29, 1.82) is 0 Å². The Kier molecular flexibility index (Phi) is 2.87. The molecule has 1 aliphatic rings. The average molecular weight is 266 g/mol. The predicted octanol–water partition coefficient (Wildman–Crippen LogP) is 3.89. The van der Waals surface area contributed by atoms with Gasteiger partial charge in [-0.05, 0) is 37.7 Å². The largest absolute Gasteiger partial charge is 0.455 e. The molecule has 0 radical (unpaired) electrons. The fourth-order valence-electron chi connectivity index (χ4n) is 2.50. The van der Waals surface area contributed by atoms with E-state index in [2.05, 4.69) is 0 Å². The Morgan fingerprint density at radius 1 is 1.50 bits per heavy atom. The zero-order valence-corrected chi connectivity index (χ0v) is 11.0. The van der Waals surface area contributed by atoms with E-state index in [1.165, 1.54) is 6.07 Å². The number of thioether (sulfide) groups is 1. The molecular formula is C14H15FO2S. The fraction of sp³-hybridized carbons (Fsp3) is 0.429. The third-order valence-electron chi connectivity index (χ3n) is 3.61. The van der Waals surface area contributed by atoms with Crippen LogP contribution in [0.3, 0.4) is 0 Å². The highest BCUT2D eigenvalue weighted by Crippen LogP contribution is 2.47. The van der Waals surface area contributed by atoms with Crippen LogP contribution in [0.5, 0.6) is 0 Å². The van der Waals surface area contributed by atoms with Crippen molar-refractivity contribution in [3.05, 3.63) is 35.8 Å². The molecule has 1 aliphatic heterocycles. The third-order valence-corrected chi connectivity index (χ3v) is 5.19. The van der Waals surface area contributed by atoms with Crippen LogP contribution in [-0.4, -0.2) is 15.6 Å². The predicted molar refractivity (Wildman–Crippen MR) is 71.2 cm³/mol. The van der Waals surface area contributed by atoms with Crippen LogP contribution in [0.15, 0.2) is 28.7 Å². The highest BCUT2D eigenvalue weighted by Gasteiger charge is 2.39. The second kappa shape index (κ2) is 4.28. The first-order valence-electron chi connectivity index (χ1n) is 6.10.